The van der Waals surface area contributed by atoms with Crippen LogP contribution in [0.4, 0.5) is 5.82 Å². The molecular formula is C17H23N7O. The second-order valence-electron chi connectivity index (χ2n) is 6.70. The molecule has 0 saturated heterocycles. The van der Waals surface area contributed by atoms with Gasteiger partial charge in [0.2, 0.25) is 5.89 Å². The van der Waals surface area contributed by atoms with Gasteiger partial charge in [-0.25, -0.2) is 9.97 Å². The molecule has 1 fully saturated rings. The van der Waals surface area contributed by atoms with Crippen LogP contribution in [0.2, 0.25) is 0 Å². The van der Waals surface area contributed by atoms with Gasteiger partial charge in [0, 0.05) is 13.0 Å². The Balaban J connectivity index is 1.74. The Bertz CT molecular complexity index is 878. The van der Waals surface area contributed by atoms with E-state index < -0.39 is 0 Å². The van der Waals surface area contributed by atoms with E-state index in [1.54, 1.807) is 4.68 Å². The first-order valence-electron chi connectivity index (χ1n) is 8.92. The van der Waals surface area contributed by atoms with E-state index in [1.807, 2.05) is 20.2 Å². The zero-order valence-corrected chi connectivity index (χ0v) is 14.9. The van der Waals surface area contributed by atoms with Crippen molar-refractivity contribution in [1.29, 1.82) is 0 Å². The summed E-state index contributed by atoms with van der Waals surface area (Å²) in [6, 6.07) is -0.0871. The van der Waals surface area contributed by atoms with Gasteiger partial charge in [0.1, 0.15) is 17.7 Å². The highest BCUT2D eigenvalue weighted by atomic mass is 16.5. The molecule has 4 rings (SSSR count). The molecule has 132 valence electrons. The lowest BCUT2D eigenvalue weighted by Crippen LogP contribution is -2.14. The van der Waals surface area contributed by atoms with E-state index in [2.05, 4.69) is 27.5 Å². The summed E-state index contributed by atoms with van der Waals surface area (Å²) in [7, 11) is 1.91. The van der Waals surface area contributed by atoms with E-state index in [1.165, 1.54) is 12.8 Å². The average Bonchev–Trinajstić information content (AvgIpc) is 3.34. The Morgan fingerprint density at radius 1 is 1.28 bits per heavy atom. The van der Waals surface area contributed by atoms with E-state index in [0.717, 1.165) is 41.9 Å². The zero-order chi connectivity index (χ0) is 17.4. The van der Waals surface area contributed by atoms with Gasteiger partial charge >= 0.3 is 0 Å². The summed E-state index contributed by atoms with van der Waals surface area (Å²) in [6.07, 6.45) is 7.43. The maximum atomic E-state index is 5.35. The normalized spacial score (nSPS) is 16.6. The molecule has 0 radical (unpaired) electrons. The summed E-state index contributed by atoms with van der Waals surface area (Å²) >= 11 is 0. The minimum atomic E-state index is -0.0871. The van der Waals surface area contributed by atoms with Crippen molar-refractivity contribution in [2.24, 2.45) is 7.05 Å². The molecule has 1 N–H and O–H groups in total. The lowest BCUT2D eigenvalue weighted by Gasteiger charge is -2.16. The van der Waals surface area contributed by atoms with Gasteiger partial charge in [-0.15, -0.1) is 0 Å². The summed E-state index contributed by atoms with van der Waals surface area (Å²) < 4.78 is 7.15. The Hall–Kier alpha value is -2.51. The summed E-state index contributed by atoms with van der Waals surface area (Å²) in [5.74, 6) is 3.36. The van der Waals surface area contributed by atoms with Crippen LogP contribution >= 0.6 is 0 Å². The summed E-state index contributed by atoms with van der Waals surface area (Å²) in [4.78, 5) is 14.0. The van der Waals surface area contributed by atoms with Gasteiger partial charge in [0.25, 0.3) is 0 Å². The topological polar surface area (TPSA) is 94.6 Å². The Morgan fingerprint density at radius 2 is 2.08 bits per heavy atom. The van der Waals surface area contributed by atoms with Crippen LogP contribution in [0, 0.1) is 6.92 Å². The molecule has 0 aliphatic heterocycles. The van der Waals surface area contributed by atoms with Gasteiger partial charge in [0.05, 0.1) is 11.6 Å². The molecule has 0 aromatic carbocycles. The fourth-order valence-corrected chi connectivity index (χ4v) is 3.47. The zero-order valence-electron chi connectivity index (χ0n) is 14.9. The number of nitrogens with one attached hydrogen (secondary N) is 1. The summed E-state index contributed by atoms with van der Waals surface area (Å²) in [5, 5.41) is 12.6. The van der Waals surface area contributed by atoms with Crippen molar-refractivity contribution in [3.8, 4) is 0 Å². The lowest BCUT2D eigenvalue weighted by molar-refractivity contribution is 0.356. The SMILES string of the molecule is CCC(Nc1nc(C2CCCC2)nc2c1cnn2C)c1nc(C)no1. The first kappa shape index (κ1) is 16.0. The Labute approximate surface area is 146 Å². The molecule has 3 aromatic rings. The number of nitrogens with zero attached hydrogens (tertiary/aromatic N) is 6. The van der Waals surface area contributed by atoms with Crippen molar-refractivity contribution < 1.29 is 4.52 Å². The summed E-state index contributed by atoms with van der Waals surface area (Å²) in [5.41, 5.74) is 0.857. The van der Waals surface area contributed by atoms with Crippen LogP contribution < -0.4 is 5.32 Å². The van der Waals surface area contributed by atoms with Crippen molar-refractivity contribution in [2.45, 2.75) is 57.9 Å². The van der Waals surface area contributed by atoms with Crippen molar-refractivity contribution >= 4 is 16.9 Å². The highest BCUT2D eigenvalue weighted by Gasteiger charge is 2.24. The van der Waals surface area contributed by atoms with Gasteiger partial charge in [-0.05, 0) is 26.2 Å². The van der Waals surface area contributed by atoms with Gasteiger partial charge < -0.3 is 9.84 Å². The molecule has 1 saturated carbocycles. The molecule has 25 heavy (non-hydrogen) atoms. The smallest absolute Gasteiger partial charge is 0.249 e. The number of rotatable bonds is 5. The predicted octanol–water partition coefficient (Wildman–Crippen LogP) is 3.28. The minimum Gasteiger partial charge on any atom is -0.358 e. The number of fused-ring (bicyclic) bond motifs is 1. The predicted molar refractivity (Wildman–Crippen MR) is 93.2 cm³/mol. The second-order valence-corrected chi connectivity index (χ2v) is 6.70. The van der Waals surface area contributed by atoms with E-state index in [4.69, 9.17) is 14.5 Å². The lowest BCUT2D eigenvalue weighted by atomic mass is 10.1. The third-order valence-corrected chi connectivity index (χ3v) is 4.89. The molecule has 3 aromatic heterocycles. The second kappa shape index (κ2) is 6.42. The first-order valence-corrected chi connectivity index (χ1v) is 8.92. The van der Waals surface area contributed by atoms with Gasteiger partial charge in [-0.3, -0.25) is 4.68 Å². The molecule has 1 unspecified atom stereocenters. The molecule has 1 aliphatic rings. The van der Waals surface area contributed by atoms with Crippen molar-refractivity contribution in [3.63, 3.8) is 0 Å². The molecule has 0 spiro atoms. The van der Waals surface area contributed by atoms with Crippen LogP contribution in [0.25, 0.3) is 11.0 Å². The number of aromatic nitrogens is 6. The van der Waals surface area contributed by atoms with Gasteiger partial charge in [-0.2, -0.15) is 10.1 Å². The van der Waals surface area contributed by atoms with E-state index in [0.29, 0.717) is 17.6 Å². The molecule has 1 atom stereocenters. The average molecular weight is 341 g/mol. The highest BCUT2D eigenvalue weighted by Crippen LogP contribution is 2.34. The van der Waals surface area contributed by atoms with Gasteiger partial charge in [0.15, 0.2) is 11.5 Å². The third-order valence-electron chi connectivity index (χ3n) is 4.89. The number of hydrogen-bond donors (Lipinski definition) is 1. The third kappa shape index (κ3) is 2.96. The molecule has 0 amide bonds. The Morgan fingerprint density at radius 3 is 2.76 bits per heavy atom. The largest absolute Gasteiger partial charge is 0.358 e. The maximum absolute atomic E-state index is 5.35. The maximum Gasteiger partial charge on any atom is 0.249 e. The quantitative estimate of drug-likeness (QED) is 0.761. The fraction of sp³-hybridized carbons (Fsp3) is 0.588. The first-order chi connectivity index (χ1) is 12.2. The molecule has 8 nitrogen and oxygen atoms in total. The number of hydrogen-bond acceptors (Lipinski definition) is 7. The summed E-state index contributed by atoms with van der Waals surface area (Å²) in [6.45, 7) is 3.90. The van der Waals surface area contributed by atoms with Crippen LogP contribution in [-0.4, -0.2) is 29.9 Å². The van der Waals surface area contributed by atoms with Crippen molar-refractivity contribution in [3.05, 3.63) is 23.7 Å². The van der Waals surface area contributed by atoms with Crippen LogP contribution in [0.15, 0.2) is 10.7 Å². The Kier molecular flexibility index (Phi) is 4.10. The van der Waals surface area contributed by atoms with E-state index in [-0.39, 0.29) is 6.04 Å². The van der Waals surface area contributed by atoms with Crippen molar-refractivity contribution in [2.75, 3.05) is 5.32 Å². The van der Waals surface area contributed by atoms with E-state index in [9.17, 15) is 0 Å². The number of anilines is 1. The van der Waals surface area contributed by atoms with Crippen LogP contribution in [0.5, 0.6) is 0 Å². The molecule has 1 aliphatic carbocycles. The van der Waals surface area contributed by atoms with E-state index >= 15 is 0 Å². The molecule has 3 heterocycles. The highest BCUT2D eigenvalue weighted by molar-refractivity contribution is 5.86. The van der Waals surface area contributed by atoms with Gasteiger partial charge in [-0.1, -0.05) is 24.9 Å². The molecule has 0 bridgehead atoms. The van der Waals surface area contributed by atoms with Crippen LogP contribution in [0.3, 0.4) is 0 Å². The monoisotopic (exact) mass is 341 g/mol. The fourth-order valence-electron chi connectivity index (χ4n) is 3.47. The molecule has 8 heteroatoms. The number of aryl methyl sites for hydroxylation is 2. The van der Waals surface area contributed by atoms with Crippen molar-refractivity contribution in [1.82, 2.24) is 29.9 Å². The van der Waals surface area contributed by atoms with Crippen LogP contribution in [-0.2, 0) is 7.05 Å². The minimum absolute atomic E-state index is 0.0871. The molecular weight excluding hydrogens is 318 g/mol. The standard InChI is InChI=1S/C17H23N7O/c1-4-13(17-19-10(2)23-25-17)20-15-12-9-18-24(3)16(12)22-14(21-15)11-7-5-6-8-11/h9,11,13H,4-8H2,1-3H3,(H,20,21,22). The van der Waals surface area contributed by atoms with Crippen LogP contribution in [0.1, 0.15) is 68.5 Å².